The van der Waals surface area contributed by atoms with Crippen molar-refractivity contribution in [2.45, 2.75) is 44.2 Å². The van der Waals surface area contributed by atoms with Gasteiger partial charge in [0.25, 0.3) is 0 Å². The molecule has 0 bridgehead atoms. The normalized spacial score (nSPS) is 13.8. The Labute approximate surface area is 190 Å². The Kier molecular flexibility index (Phi) is 7.00. The van der Waals surface area contributed by atoms with E-state index < -0.39 is 42.4 Å². The number of hydrogen-bond acceptors (Lipinski definition) is 4. The van der Waals surface area contributed by atoms with Crippen LogP contribution in [0.4, 0.5) is 13.6 Å². The SMILES string of the molecule is CN(C(=O)C(CC(F)F)NC(=O)OCC1c2ccccc2-c2ccccc21)C(C)(C)C(=O)O. The minimum Gasteiger partial charge on any atom is -0.480 e. The highest BCUT2D eigenvalue weighted by Crippen LogP contribution is 2.44. The van der Waals surface area contributed by atoms with Crippen LogP contribution in [0.15, 0.2) is 48.5 Å². The Balaban J connectivity index is 1.71. The maximum atomic E-state index is 13.1. The van der Waals surface area contributed by atoms with E-state index in [2.05, 4.69) is 5.32 Å². The topological polar surface area (TPSA) is 95.9 Å². The van der Waals surface area contributed by atoms with Crippen molar-refractivity contribution in [3.8, 4) is 11.1 Å². The van der Waals surface area contributed by atoms with Crippen molar-refractivity contribution in [3.63, 3.8) is 0 Å². The third-order valence-electron chi connectivity index (χ3n) is 6.04. The Morgan fingerprint density at radius 2 is 1.58 bits per heavy atom. The van der Waals surface area contributed by atoms with Crippen LogP contribution in [0.5, 0.6) is 0 Å². The highest BCUT2D eigenvalue weighted by Gasteiger charge is 2.39. The molecule has 7 nitrogen and oxygen atoms in total. The highest BCUT2D eigenvalue weighted by atomic mass is 19.3. The second kappa shape index (κ2) is 9.56. The Morgan fingerprint density at radius 1 is 1.06 bits per heavy atom. The summed E-state index contributed by atoms with van der Waals surface area (Å²) < 4.78 is 31.5. The molecule has 0 aliphatic heterocycles. The summed E-state index contributed by atoms with van der Waals surface area (Å²) in [6.07, 6.45) is -4.89. The fraction of sp³-hybridized carbons (Fsp3) is 0.375. The zero-order chi connectivity index (χ0) is 24.3. The number of carboxylic acids is 1. The van der Waals surface area contributed by atoms with E-state index in [0.29, 0.717) is 0 Å². The van der Waals surface area contributed by atoms with E-state index in [4.69, 9.17) is 4.74 Å². The smallest absolute Gasteiger partial charge is 0.407 e. The van der Waals surface area contributed by atoms with Gasteiger partial charge < -0.3 is 20.1 Å². The average Bonchev–Trinajstić information content (AvgIpc) is 3.09. The quantitative estimate of drug-likeness (QED) is 0.624. The van der Waals surface area contributed by atoms with Crippen LogP contribution in [-0.2, 0) is 14.3 Å². The van der Waals surface area contributed by atoms with Crippen molar-refractivity contribution in [2.75, 3.05) is 13.7 Å². The molecule has 1 aliphatic carbocycles. The van der Waals surface area contributed by atoms with Gasteiger partial charge in [-0.1, -0.05) is 48.5 Å². The van der Waals surface area contributed by atoms with Gasteiger partial charge in [-0.2, -0.15) is 0 Å². The van der Waals surface area contributed by atoms with E-state index in [1.54, 1.807) is 0 Å². The lowest BCUT2D eigenvalue weighted by Crippen LogP contribution is -2.57. The first-order chi connectivity index (χ1) is 15.5. The molecule has 2 N–H and O–H groups in total. The molecule has 0 saturated heterocycles. The number of carboxylic acid groups (broad SMARTS) is 1. The molecule has 0 spiro atoms. The molecule has 2 amide bonds. The lowest BCUT2D eigenvalue weighted by molar-refractivity contribution is -0.156. The summed E-state index contributed by atoms with van der Waals surface area (Å²) in [5, 5.41) is 11.5. The molecule has 3 rings (SSSR count). The minimum atomic E-state index is -2.89. The largest absolute Gasteiger partial charge is 0.480 e. The van der Waals surface area contributed by atoms with E-state index in [0.717, 1.165) is 27.2 Å². The molecule has 9 heteroatoms. The predicted octanol–water partition coefficient (Wildman–Crippen LogP) is 3.87. The number of likely N-dealkylation sites (N-methyl/N-ethyl adjacent to an activating group) is 1. The van der Waals surface area contributed by atoms with Crippen molar-refractivity contribution in [2.24, 2.45) is 0 Å². The van der Waals surface area contributed by atoms with Gasteiger partial charge in [0.2, 0.25) is 12.3 Å². The number of hydrogen-bond donors (Lipinski definition) is 2. The lowest BCUT2D eigenvalue weighted by Gasteiger charge is -2.34. The summed E-state index contributed by atoms with van der Waals surface area (Å²) in [4.78, 5) is 37.4. The number of rotatable bonds is 8. The van der Waals surface area contributed by atoms with Gasteiger partial charge in [-0.3, -0.25) is 4.79 Å². The van der Waals surface area contributed by atoms with Crippen molar-refractivity contribution in [3.05, 3.63) is 59.7 Å². The number of amides is 2. The van der Waals surface area contributed by atoms with Gasteiger partial charge in [-0.05, 0) is 36.1 Å². The van der Waals surface area contributed by atoms with Crippen molar-refractivity contribution >= 4 is 18.0 Å². The van der Waals surface area contributed by atoms with Gasteiger partial charge in [0.1, 0.15) is 18.2 Å². The van der Waals surface area contributed by atoms with Gasteiger partial charge in [-0.25, -0.2) is 18.4 Å². The monoisotopic (exact) mass is 460 g/mol. The van der Waals surface area contributed by atoms with Crippen LogP contribution < -0.4 is 5.32 Å². The molecule has 33 heavy (non-hydrogen) atoms. The average molecular weight is 460 g/mol. The van der Waals surface area contributed by atoms with Crippen LogP contribution in [-0.4, -0.2) is 59.6 Å². The Bertz CT molecular complexity index is 1010. The number of ether oxygens (including phenoxy) is 1. The molecule has 0 saturated carbocycles. The van der Waals surface area contributed by atoms with E-state index in [-0.39, 0.29) is 12.5 Å². The number of alkyl carbamates (subject to hydrolysis) is 1. The number of nitrogens with one attached hydrogen (secondary N) is 1. The summed E-state index contributed by atoms with van der Waals surface area (Å²) >= 11 is 0. The standard InChI is InChI=1S/C24H26F2N2O5/c1-24(2,22(30)31)28(3)21(29)19(12-20(25)26)27-23(32)33-13-18-16-10-6-4-8-14(16)15-9-5-7-11-17(15)18/h4-11,18-20H,12-13H2,1-3H3,(H,27,32)(H,30,31). The van der Waals surface area contributed by atoms with Crippen LogP contribution >= 0.6 is 0 Å². The number of alkyl halides is 2. The summed E-state index contributed by atoms with van der Waals surface area (Å²) in [7, 11) is 1.19. The van der Waals surface area contributed by atoms with E-state index in [1.807, 2.05) is 48.5 Å². The number of fused-ring (bicyclic) bond motifs is 3. The first-order valence-corrected chi connectivity index (χ1v) is 10.4. The number of halogens is 2. The summed E-state index contributed by atoms with van der Waals surface area (Å²) in [6, 6.07) is 13.8. The molecular formula is C24H26F2N2O5. The number of carbonyl (C=O) groups is 3. The van der Waals surface area contributed by atoms with Crippen molar-refractivity contribution in [1.29, 1.82) is 0 Å². The van der Waals surface area contributed by atoms with Crippen LogP contribution in [0.3, 0.4) is 0 Å². The molecule has 176 valence electrons. The number of benzene rings is 2. The maximum absolute atomic E-state index is 13.1. The first-order valence-electron chi connectivity index (χ1n) is 10.4. The lowest BCUT2D eigenvalue weighted by atomic mass is 9.98. The van der Waals surface area contributed by atoms with Gasteiger partial charge in [0, 0.05) is 19.4 Å². The molecule has 0 aromatic heterocycles. The maximum Gasteiger partial charge on any atom is 0.407 e. The van der Waals surface area contributed by atoms with E-state index in [1.165, 1.54) is 20.9 Å². The molecule has 0 radical (unpaired) electrons. The molecule has 1 atom stereocenters. The summed E-state index contributed by atoms with van der Waals surface area (Å²) in [5.41, 5.74) is 2.38. The van der Waals surface area contributed by atoms with Crippen LogP contribution in [0.1, 0.15) is 37.3 Å². The van der Waals surface area contributed by atoms with Gasteiger partial charge in [0.15, 0.2) is 0 Å². The second-order valence-corrected chi connectivity index (χ2v) is 8.41. The van der Waals surface area contributed by atoms with Crippen LogP contribution in [0.2, 0.25) is 0 Å². The Morgan fingerprint density at radius 3 is 2.06 bits per heavy atom. The Hall–Kier alpha value is -3.49. The fourth-order valence-corrected chi connectivity index (χ4v) is 3.83. The van der Waals surface area contributed by atoms with Gasteiger partial charge in [-0.15, -0.1) is 0 Å². The number of aliphatic carboxylic acids is 1. The zero-order valence-electron chi connectivity index (χ0n) is 18.5. The molecule has 2 aromatic rings. The molecule has 0 fully saturated rings. The van der Waals surface area contributed by atoms with E-state index in [9.17, 15) is 28.3 Å². The van der Waals surface area contributed by atoms with Crippen molar-refractivity contribution < 1.29 is 33.0 Å². The molecule has 1 aliphatic rings. The highest BCUT2D eigenvalue weighted by molar-refractivity contribution is 5.90. The minimum absolute atomic E-state index is 0.0497. The third kappa shape index (κ3) is 4.97. The molecular weight excluding hydrogens is 434 g/mol. The van der Waals surface area contributed by atoms with Crippen LogP contribution in [0, 0.1) is 0 Å². The van der Waals surface area contributed by atoms with Gasteiger partial charge in [0.05, 0.1) is 0 Å². The fourth-order valence-electron chi connectivity index (χ4n) is 3.83. The third-order valence-corrected chi connectivity index (χ3v) is 6.04. The summed E-state index contributed by atoms with van der Waals surface area (Å²) in [6.45, 7) is 2.48. The number of nitrogens with zero attached hydrogens (tertiary/aromatic N) is 1. The van der Waals surface area contributed by atoms with E-state index >= 15 is 0 Å². The van der Waals surface area contributed by atoms with Gasteiger partial charge >= 0.3 is 12.1 Å². The molecule has 0 heterocycles. The zero-order valence-corrected chi connectivity index (χ0v) is 18.5. The predicted molar refractivity (Wildman–Crippen MR) is 117 cm³/mol. The molecule has 2 aromatic carbocycles. The van der Waals surface area contributed by atoms with Crippen molar-refractivity contribution in [1.82, 2.24) is 10.2 Å². The number of carbonyl (C=O) groups excluding carboxylic acids is 2. The second-order valence-electron chi connectivity index (χ2n) is 8.41. The molecule has 1 unspecified atom stereocenters. The first kappa shape index (κ1) is 24.2. The van der Waals surface area contributed by atoms with Crippen LogP contribution in [0.25, 0.3) is 11.1 Å². The summed E-state index contributed by atoms with van der Waals surface area (Å²) in [5.74, 6) is -2.49.